The van der Waals surface area contributed by atoms with E-state index in [-0.39, 0.29) is 17.2 Å². The molecule has 1 fully saturated rings. The molecule has 1 saturated carbocycles. The van der Waals surface area contributed by atoms with Crippen molar-refractivity contribution in [3.8, 4) is 5.75 Å². The Morgan fingerprint density at radius 2 is 2.15 bits per heavy atom. The number of anilines is 1. The number of carboxylic acids is 1. The second-order valence-electron chi connectivity index (χ2n) is 4.95. The minimum atomic E-state index is -1.25. The van der Waals surface area contributed by atoms with Gasteiger partial charge in [-0.2, -0.15) is 0 Å². The molecule has 1 aromatic carbocycles. The van der Waals surface area contributed by atoms with Crippen LogP contribution < -0.4 is 5.32 Å². The zero-order chi connectivity index (χ0) is 14.7. The summed E-state index contributed by atoms with van der Waals surface area (Å²) >= 11 is 0. The normalized spacial score (nSPS) is 15.7. The van der Waals surface area contributed by atoms with Crippen LogP contribution in [0, 0.1) is 5.92 Å². The summed E-state index contributed by atoms with van der Waals surface area (Å²) in [5.74, 6) is -1.37. The van der Waals surface area contributed by atoms with Gasteiger partial charge >= 0.3 is 5.97 Å². The maximum Gasteiger partial charge on any atom is 0.339 e. The summed E-state index contributed by atoms with van der Waals surface area (Å²) in [6, 6.07) is 3.88. The molecule has 0 saturated heterocycles. The van der Waals surface area contributed by atoms with Crippen LogP contribution in [-0.4, -0.2) is 34.8 Å². The van der Waals surface area contributed by atoms with Crippen molar-refractivity contribution in [2.24, 2.45) is 5.92 Å². The van der Waals surface area contributed by atoms with Crippen LogP contribution in [0.5, 0.6) is 5.75 Å². The number of hydrogen-bond acceptors (Lipinski definition) is 4. The molecule has 3 N–H and O–H groups in total. The number of phenols is 1. The molecule has 0 heterocycles. The first-order valence-corrected chi connectivity index (χ1v) is 6.46. The molecular formula is C14H17NO5. The maximum absolute atomic E-state index is 11.9. The number of nitrogens with one attached hydrogen (secondary N) is 1. The van der Waals surface area contributed by atoms with Crippen LogP contribution in [0.4, 0.5) is 5.69 Å². The number of aromatic carboxylic acids is 1. The van der Waals surface area contributed by atoms with Gasteiger partial charge in [0, 0.05) is 5.69 Å². The Bertz CT molecular complexity index is 524. The van der Waals surface area contributed by atoms with Gasteiger partial charge in [-0.1, -0.05) is 0 Å². The SMILES string of the molecule is CC(OCC1CC1)C(=O)Nc1ccc(O)c(C(=O)O)c1. The molecular weight excluding hydrogens is 262 g/mol. The van der Waals surface area contributed by atoms with Crippen LogP contribution in [0.3, 0.4) is 0 Å². The molecule has 0 bridgehead atoms. The van der Waals surface area contributed by atoms with E-state index in [1.165, 1.54) is 18.2 Å². The van der Waals surface area contributed by atoms with Crippen molar-refractivity contribution in [3.63, 3.8) is 0 Å². The molecule has 0 spiro atoms. The minimum Gasteiger partial charge on any atom is -0.507 e. The fraction of sp³-hybridized carbons (Fsp3) is 0.429. The van der Waals surface area contributed by atoms with E-state index in [0.717, 1.165) is 12.8 Å². The highest BCUT2D eigenvalue weighted by Crippen LogP contribution is 2.29. The number of aromatic hydroxyl groups is 1. The van der Waals surface area contributed by atoms with E-state index in [2.05, 4.69) is 5.32 Å². The third-order valence-corrected chi connectivity index (χ3v) is 3.14. The predicted octanol–water partition coefficient (Wildman–Crippen LogP) is 1.84. The van der Waals surface area contributed by atoms with Crippen molar-refractivity contribution in [2.75, 3.05) is 11.9 Å². The second-order valence-corrected chi connectivity index (χ2v) is 4.95. The molecule has 0 radical (unpaired) electrons. The number of carbonyl (C=O) groups excluding carboxylic acids is 1. The van der Waals surface area contributed by atoms with Crippen LogP contribution in [0.2, 0.25) is 0 Å². The van der Waals surface area contributed by atoms with Gasteiger partial charge in [-0.15, -0.1) is 0 Å². The Hall–Kier alpha value is -2.08. The van der Waals surface area contributed by atoms with E-state index in [1.54, 1.807) is 6.92 Å². The first-order valence-electron chi connectivity index (χ1n) is 6.46. The van der Waals surface area contributed by atoms with E-state index in [4.69, 9.17) is 9.84 Å². The molecule has 1 aliphatic carbocycles. The van der Waals surface area contributed by atoms with Crippen LogP contribution in [0.25, 0.3) is 0 Å². The highest BCUT2D eigenvalue weighted by Gasteiger charge is 2.24. The van der Waals surface area contributed by atoms with Crippen molar-refractivity contribution in [1.82, 2.24) is 0 Å². The third-order valence-electron chi connectivity index (χ3n) is 3.14. The fourth-order valence-electron chi connectivity index (χ4n) is 1.67. The Balaban J connectivity index is 1.95. The largest absolute Gasteiger partial charge is 0.507 e. The zero-order valence-electron chi connectivity index (χ0n) is 11.1. The van der Waals surface area contributed by atoms with Gasteiger partial charge in [0.05, 0.1) is 6.61 Å². The Labute approximate surface area is 116 Å². The Morgan fingerprint density at radius 1 is 1.45 bits per heavy atom. The molecule has 2 rings (SSSR count). The van der Waals surface area contributed by atoms with Gasteiger partial charge in [-0.3, -0.25) is 4.79 Å². The van der Waals surface area contributed by atoms with Gasteiger partial charge in [0.25, 0.3) is 5.91 Å². The van der Waals surface area contributed by atoms with Crippen LogP contribution in [0.15, 0.2) is 18.2 Å². The molecule has 6 heteroatoms. The smallest absolute Gasteiger partial charge is 0.339 e. The quantitative estimate of drug-likeness (QED) is 0.690. The summed E-state index contributed by atoms with van der Waals surface area (Å²) in [5, 5.41) is 20.8. The van der Waals surface area contributed by atoms with Gasteiger partial charge in [-0.05, 0) is 43.9 Å². The topological polar surface area (TPSA) is 95.9 Å². The zero-order valence-corrected chi connectivity index (χ0v) is 11.1. The number of amides is 1. The number of hydrogen-bond donors (Lipinski definition) is 3. The lowest BCUT2D eigenvalue weighted by Gasteiger charge is -2.13. The number of carbonyl (C=O) groups is 2. The van der Waals surface area contributed by atoms with E-state index in [1.807, 2.05) is 0 Å². The average molecular weight is 279 g/mol. The molecule has 0 aliphatic heterocycles. The van der Waals surface area contributed by atoms with E-state index < -0.39 is 12.1 Å². The first kappa shape index (κ1) is 14.3. The van der Waals surface area contributed by atoms with Crippen molar-refractivity contribution in [2.45, 2.75) is 25.9 Å². The number of ether oxygens (including phenoxy) is 1. The standard InChI is InChI=1S/C14H17NO5/c1-8(20-7-9-2-3-9)13(17)15-10-4-5-12(16)11(6-10)14(18)19/h4-6,8-9,16H,2-3,7H2,1H3,(H,15,17)(H,18,19). The summed E-state index contributed by atoms with van der Waals surface area (Å²) in [6.07, 6.45) is 1.69. The molecule has 20 heavy (non-hydrogen) atoms. The Morgan fingerprint density at radius 3 is 2.75 bits per heavy atom. The summed E-state index contributed by atoms with van der Waals surface area (Å²) in [7, 11) is 0. The molecule has 1 amide bonds. The van der Waals surface area contributed by atoms with Crippen molar-refractivity contribution in [1.29, 1.82) is 0 Å². The third kappa shape index (κ3) is 3.71. The summed E-state index contributed by atoms with van der Waals surface area (Å²) in [5.41, 5.74) is 0.0569. The van der Waals surface area contributed by atoms with Gasteiger partial charge in [-0.25, -0.2) is 4.79 Å². The van der Waals surface area contributed by atoms with Gasteiger partial charge < -0.3 is 20.3 Å². The number of carboxylic acid groups (broad SMARTS) is 1. The van der Waals surface area contributed by atoms with Crippen molar-refractivity contribution in [3.05, 3.63) is 23.8 Å². The maximum atomic E-state index is 11.9. The van der Waals surface area contributed by atoms with E-state index in [0.29, 0.717) is 18.2 Å². The van der Waals surface area contributed by atoms with Crippen LogP contribution in [0.1, 0.15) is 30.1 Å². The number of rotatable bonds is 6. The van der Waals surface area contributed by atoms with Crippen molar-refractivity contribution < 1.29 is 24.5 Å². The highest BCUT2D eigenvalue weighted by atomic mass is 16.5. The molecule has 1 atom stereocenters. The molecule has 108 valence electrons. The fourth-order valence-corrected chi connectivity index (χ4v) is 1.67. The minimum absolute atomic E-state index is 0.255. The highest BCUT2D eigenvalue weighted by molar-refractivity contribution is 5.97. The van der Waals surface area contributed by atoms with Crippen LogP contribution >= 0.6 is 0 Å². The monoisotopic (exact) mass is 279 g/mol. The van der Waals surface area contributed by atoms with Crippen molar-refractivity contribution >= 4 is 17.6 Å². The van der Waals surface area contributed by atoms with Gasteiger partial charge in [0.2, 0.25) is 0 Å². The van der Waals surface area contributed by atoms with Crippen LogP contribution in [-0.2, 0) is 9.53 Å². The van der Waals surface area contributed by atoms with Gasteiger partial charge in [0.1, 0.15) is 17.4 Å². The molecule has 1 aliphatic rings. The van der Waals surface area contributed by atoms with Gasteiger partial charge in [0.15, 0.2) is 0 Å². The molecule has 6 nitrogen and oxygen atoms in total. The van der Waals surface area contributed by atoms with E-state index in [9.17, 15) is 14.7 Å². The summed E-state index contributed by atoms with van der Waals surface area (Å²) in [4.78, 5) is 22.7. The van der Waals surface area contributed by atoms with E-state index >= 15 is 0 Å². The lowest BCUT2D eigenvalue weighted by molar-refractivity contribution is -0.126. The Kier molecular flexibility index (Phi) is 4.24. The number of benzene rings is 1. The predicted molar refractivity (Wildman–Crippen MR) is 71.8 cm³/mol. The summed E-state index contributed by atoms with van der Waals surface area (Å²) < 4.78 is 5.42. The molecule has 1 aromatic rings. The molecule has 1 unspecified atom stereocenters. The molecule has 0 aromatic heterocycles. The lowest BCUT2D eigenvalue weighted by atomic mass is 10.1. The summed E-state index contributed by atoms with van der Waals surface area (Å²) in [6.45, 7) is 2.22. The first-order chi connectivity index (χ1) is 9.47. The lowest BCUT2D eigenvalue weighted by Crippen LogP contribution is -2.28. The average Bonchev–Trinajstić information content (AvgIpc) is 3.21. The second kappa shape index (κ2) is 5.92.